The molecule has 0 radical (unpaired) electrons. The maximum Gasteiger partial charge on any atom is -0.00773 e. The third-order valence-electron chi connectivity index (χ3n) is 8.18. The second-order valence-electron chi connectivity index (χ2n) is 11.6. The normalized spacial score (nSPS) is 11.6. The molecule has 0 heterocycles. The Morgan fingerprint density at radius 1 is 0.368 bits per heavy atom. The van der Waals surface area contributed by atoms with E-state index >= 15 is 0 Å². The van der Waals surface area contributed by atoms with E-state index in [0.29, 0.717) is 0 Å². The lowest BCUT2D eigenvalue weighted by Gasteiger charge is -2.35. The molecule has 3 aromatic carbocycles. The van der Waals surface area contributed by atoms with Gasteiger partial charge in [-0.2, -0.15) is 0 Å². The van der Waals surface area contributed by atoms with Crippen LogP contribution in [-0.2, 0) is 19.3 Å². The predicted octanol–water partition coefficient (Wildman–Crippen LogP) is 10.1. The van der Waals surface area contributed by atoms with Gasteiger partial charge < -0.3 is 5.73 Å². The Bertz CT molecular complexity index is 833. The quantitative estimate of drug-likeness (QED) is 0.141. The Labute approximate surface area is 234 Å². The van der Waals surface area contributed by atoms with E-state index < -0.39 is 0 Å². The summed E-state index contributed by atoms with van der Waals surface area (Å²) in [5.41, 5.74) is 10.2. The van der Waals surface area contributed by atoms with Crippen LogP contribution < -0.4 is 5.73 Å². The molecule has 1 nitrogen and oxygen atoms in total. The first-order valence-electron chi connectivity index (χ1n) is 15.6. The molecule has 2 N–H and O–H groups in total. The van der Waals surface area contributed by atoms with Crippen molar-refractivity contribution in [2.75, 3.05) is 6.54 Å². The summed E-state index contributed by atoms with van der Waals surface area (Å²) in [6.07, 6.45) is 22.6. The summed E-state index contributed by atoms with van der Waals surface area (Å²) in [4.78, 5) is 0. The van der Waals surface area contributed by atoms with Crippen LogP contribution in [0.3, 0.4) is 0 Å². The van der Waals surface area contributed by atoms with Crippen LogP contribution in [0.15, 0.2) is 91.0 Å². The summed E-state index contributed by atoms with van der Waals surface area (Å²) < 4.78 is 0. The van der Waals surface area contributed by atoms with Gasteiger partial charge in [0.2, 0.25) is 0 Å². The maximum absolute atomic E-state index is 5.58. The second-order valence-corrected chi connectivity index (χ2v) is 11.6. The van der Waals surface area contributed by atoms with Gasteiger partial charge in [0, 0.05) is 0 Å². The van der Waals surface area contributed by atoms with E-state index in [1.165, 1.54) is 107 Å². The topological polar surface area (TPSA) is 26.0 Å². The molecule has 0 amide bonds. The van der Waals surface area contributed by atoms with Crippen LogP contribution in [0.2, 0.25) is 0 Å². The van der Waals surface area contributed by atoms with Gasteiger partial charge in [0.1, 0.15) is 0 Å². The van der Waals surface area contributed by atoms with E-state index in [1.54, 1.807) is 0 Å². The Hall–Kier alpha value is -2.38. The average molecular weight is 512 g/mol. The van der Waals surface area contributed by atoms with Crippen LogP contribution in [-0.4, -0.2) is 6.54 Å². The molecular formula is C37H53N. The van der Waals surface area contributed by atoms with Crippen molar-refractivity contribution in [2.45, 2.75) is 109 Å². The van der Waals surface area contributed by atoms with Crippen LogP contribution in [0.4, 0.5) is 0 Å². The Morgan fingerprint density at radius 3 is 0.974 bits per heavy atom. The molecule has 1 heteroatoms. The van der Waals surface area contributed by atoms with E-state index in [2.05, 4.69) is 91.0 Å². The van der Waals surface area contributed by atoms with Crippen LogP contribution in [0, 0.1) is 5.41 Å². The summed E-state index contributed by atoms with van der Waals surface area (Å²) in [7, 11) is 0. The molecule has 38 heavy (non-hydrogen) atoms. The van der Waals surface area contributed by atoms with E-state index in [9.17, 15) is 0 Å². The van der Waals surface area contributed by atoms with Crippen molar-refractivity contribution in [3.63, 3.8) is 0 Å². The lowest BCUT2D eigenvalue weighted by atomic mass is 9.69. The van der Waals surface area contributed by atoms with Gasteiger partial charge in [0.25, 0.3) is 0 Å². The molecule has 0 fully saturated rings. The zero-order chi connectivity index (χ0) is 26.6. The van der Waals surface area contributed by atoms with Gasteiger partial charge in [-0.05, 0) is 60.8 Å². The van der Waals surface area contributed by atoms with Crippen molar-refractivity contribution >= 4 is 0 Å². The largest absolute Gasteiger partial charge is 0.330 e. The fraction of sp³-hybridized carbons (Fsp3) is 0.514. The fourth-order valence-corrected chi connectivity index (χ4v) is 6.13. The van der Waals surface area contributed by atoms with Gasteiger partial charge in [-0.15, -0.1) is 0 Å². The monoisotopic (exact) mass is 511 g/mol. The standard InChI is InChI=1S/C37H53N/c38-30-22-11-9-7-5-3-1-2-4-6-8-10-21-29-37(31-34-23-15-12-16-24-34,32-35-25-17-13-18-26-35)33-36-27-19-14-20-28-36/h12-20,23-28H,1-11,21-22,29-33,38H2. The minimum absolute atomic E-state index is 0.244. The first-order valence-corrected chi connectivity index (χ1v) is 15.6. The summed E-state index contributed by atoms with van der Waals surface area (Å²) >= 11 is 0. The third kappa shape index (κ3) is 12.4. The summed E-state index contributed by atoms with van der Waals surface area (Å²) in [5.74, 6) is 0. The van der Waals surface area contributed by atoms with E-state index in [-0.39, 0.29) is 5.41 Å². The molecule has 0 saturated carbocycles. The molecule has 0 aliphatic rings. The zero-order valence-corrected chi connectivity index (χ0v) is 24.0. The minimum Gasteiger partial charge on any atom is -0.330 e. The Balaban J connectivity index is 1.49. The number of unbranched alkanes of at least 4 members (excludes halogenated alkanes) is 12. The van der Waals surface area contributed by atoms with Gasteiger partial charge in [0.15, 0.2) is 0 Å². The van der Waals surface area contributed by atoms with E-state index in [0.717, 1.165) is 25.8 Å². The highest BCUT2D eigenvalue weighted by atomic mass is 14.5. The lowest BCUT2D eigenvalue weighted by Crippen LogP contribution is -2.30. The minimum atomic E-state index is 0.244. The van der Waals surface area contributed by atoms with Crippen molar-refractivity contribution in [3.05, 3.63) is 108 Å². The fourth-order valence-electron chi connectivity index (χ4n) is 6.13. The molecule has 0 bridgehead atoms. The van der Waals surface area contributed by atoms with Crippen LogP contribution in [0.1, 0.15) is 107 Å². The molecule has 206 valence electrons. The smallest absolute Gasteiger partial charge is 0.00773 e. The lowest BCUT2D eigenvalue weighted by molar-refractivity contribution is 0.243. The second kappa shape index (κ2) is 18.8. The van der Waals surface area contributed by atoms with E-state index in [4.69, 9.17) is 5.73 Å². The summed E-state index contributed by atoms with van der Waals surface area (Å²) in [5, 5.41) is 0. The number of hydrogen-bond acceptors (Lipinski definition) is 1. The Kier molecular flexibility index (Phi) is 14.9. The Morgan fingerprint density at radius 2 is 0.658 bits per heavy atom. The predicted molar refractivity (Wildman–Crippen MR) is 167 cm³/mol. The van der Waals surface area contributed by atoms with Crippen LogP contribution >= 0.6 is 0 Å². The van der Waals surface area contributed by atoms with Crippen molar-refractivity contribution < 1.29 is 0 Å². The molecule has 0 unspecified atom stereocenters. The van der Waals surface area contributed by atoms with Crippen LogP contribution in [0.5, 0.6) is 0 Å². The number of benzene rings is 3. The molecule has 0 aliphatic carbocycles. The van der Waals surface area contributed by atoms with Gasteiger partial charge >= 0.3 is 0 Å². The molecule has 0 spiro atoms. The SMILES string of the molecule is NCCCCCCCCCCCCCCCC(Cc1ccccc1)(Cc1ccccc1)Cc1ccccc1. The van der Waals surface area contributed by atoms with Crippen molar-refractivity contribution in [3.8, 4) is 0 Å². The van der Waals surface area contributed by atoms with Gasteiger partial charge in [0.05, 0.1) is 0 Å². The third-order valence-corrected chi connectivity index (χ3v) is 8.18. The van der Waals surface area contributed by atoms with Crippen molar-refractivity contribution in [1.82, 2.24) is 0 Å². The maximum atomic E-state index is 5.58. The summed E-state index contributed by atoms with van der Waals surface area (Å²) in [6.45, 7) is 0.855. The molecule has 0 saturated heterocycles. The number of nitrogens with two attached hydrogens (primary N) is 1. The molecule has 0 atom stereocenters. The molecule has 0 aliphatic heterocycles. The molecular weight excluding hydrogens is 458 g/mol. The number of hydrogen-bond donors (Lipinski definition) is 1. The first kappa shape index (κ1) is 30.2. The molecule has 3 aromatic rings. The van der Waals surface area contributed by atoms with Crippen LogP contribution in [0.25, 0.3) is 0 Å². The van der Waals surface area contributed by atoms with Crippen molar-refractivity contribution in [2.24, 2.45) is 11.1 Å². The summed E-state index contributed by atoms with van der Waals surface area (Å²) in [6, 6.07) is 33.6. The molecule has 0 aromatic heterocycles. The van der Waals surface area contributed by atoms with Gasteiger partial charge in [-0.1, -0.05) is 168 Å². The number of rotatable bonds is 21. The van der Waals surface area contributed by atoms with Gasteiger partial charge in [-0.3, -0.25) is 0 Å². The first-order chi connectivity index (χ1) is 18.8. The highest BCUT2D eigenvalue weighted by Crippen LogP contribution is 2.37. The zero-order valence-electron chi connectivity index (χ0n) is 24.0. The molecule has 3 rings (SSSR count). The highest BCUT2D eigenvalue weighted by Gasteiger charge is 2.30. The van der Waals surface area contributed by atoms with E-state index in [1.807, 2.05) is 0 Å². The van der Waals surface area contributed by atoms with Crippen molar-refractivity contribution in [1.29, 1.82) is 0 Å². The average Bonchev–Trinajstić information content (AvgIpc) is 2.95. The highest BCUT2D eigenvalue weighted by molar-refractivity contribution is 5.24. The van der Waals surface area contributed by atoms with Gasteiger partial charge in [-0.25, -0.2) is 0 Å².